The van der Waals surface area contributed by atoms with Crippen LogP contribution in [0.5, 0.6) is 11.5 Å². The predicted octanol–water partition coefficient (Wildman–Crippen LogP) is 7.09. The standard InChI is InChI=1S/C25H38N2O2/c1-4-6-7-8-9-10-11-17-28-24-19-26-25(27-20-24)22-12-14-23(15-13-22)29-18-16-21(3)5-2/h12-15,19-21H,4-11,16-18H2,1-3H3. The van der Waals surface area contributed by atoms with Crippen molar-refractivity contribution in [3.63, 3.8) is 0 Å². The molecule has 0 fully saturated rings. The lowest BCUT2D eigenvalue weighted by Gasteiger charge is -2.10. The van der Waals surface area contributed by atoms with Gasteiger partial charge >= 0.3 is 0 Å². The van der Waals surface area contributed by atoms with Crippen LogP contribution >= 0.6 is 0 Å². The van der Waals surface area contributed by atoms with Gasteiger partial charge in [-0.25, -0.2) is 9.97 Å². The zero-order valence-electron chi connectivity index (χ0n) is 18.5. The van der Waals surface area contributed by atoms with Crippen LogP contribution in [0.15, 0.2) is 36.7 Å². The van der Waals surface area contributed by atoms with Gasteiger partial charge in [-0.3, -0.25) is 0 Å². The Kier molecular flexibility index (Phi) is 11.2. The molecule has 0 aliphatic rings. The van der Waals surface area contributed by atoms with Crippen LogP contribution in [0.3, 0.4) is 0 Å². The summed E-state index contributed by atoms with van der Waals surface area (Å²) in [6.45, 7) is 8.21. The minimum absolute atomic E-state index is 0.703. The monoisotopic (exact) mass is 398 g/mol. The maximum atomic E-state index is 5.82. The van der Waals surface area contributed by atoms with Crippen LogP contribution < -0.4 is 9.47 Å². The first-order chi connectivity index (χ1) is 14.2. The molecule has 1 heterocycles. The van der Waals surface area contributed by atoms with Gasteiger partial charge in [-0.05, 0) is 43.0 Å². The van der Waals surface area contributed by atoms with Gasteiger partial charge in [-0.1, -0.05) is 65.7 Å². The van der Waals surface area contributed by atoms with Gasteiger partial charge in [0.25, 0.3) is 0 Å². The number of benzene rings is 1. The molecule has 4 heteroatoms. The molecule has 0 saturated heterocycles. The minimum Gasteiger partial charge on any atom is -0.494 e. The van der Waals surface area contributed by atoms with Crippen LogP contribution in [0.2, 0.25) is 0 Å². The van der Waals surface area contributed by atoms with Gasteiger partial charge in [0.15, 0.2) is 11.6 Å². The molecular formula is C25H38N2O2. The summed E-state index contributed by atoms with van der Waals surface area (Å²) < 4.78 is 11.6. The van der Waals surface area contributed by atoms with Crippen molar-refractivity contribution < 1.29 is 9.47 Å². The second-order valence-corrected chi connectivity index (χ2v) is 7.89. The highest BCUT2D eigenvalue weighted by molar-refractivity contribution is 5.56. The third kappa shape index (κ3) is 9.29. The van der Waals surface area contributed by atoms with E-state index in [1.54, 1.807) is 12.4 Å². The Morgan fingerprint density at radius 1 is 0.759 bits per heavy atom. The number of aromatic nitrogens is 2. The van der Waals surface area contributed by atoms with Crippen molar-refractivity contribution in [2.75, 3.05) is 13.2 Å². The predicted molar refractivity (Wildman–Crippen MR) is 121 cm³/mol. The van der Waals surface area contributed by atoms with Gasteiger partial charge in [0, 0.05) is 5.56 Å². The van der Waals surface area contributed by atoms with E-state index in [1.165, 1.54) is 44.9 Å². The van der Waals surface area contributed by atoms with Gasteiger partial charge in [0.1, 0.15) is 5.75 Å². The smallest absolute Gasteiger partial charge is 0.159 e. The van der Waals surface area contributed by atoms with Crippen LogP contribution in [-0.4, -0.2) is 23.2 Å². The molecule has 0 bridgehead atoms. The average molecular weight is 399 g/mol. The molecule has 0 aliphatic heterocycles. The number of hydrogen-bond acceptors (Lipinski definition) is 4. The molecular weight excluding hydrogens is 360 g/mol. The summed E-state index contributed by atoms with van der Waals surface area (Å²) in [4.78, 5) is 8.89. The highest BCUT2D eigenvalue weighted by Crippen LogP contribution is 2.21. The molecule has 0 radical (unpaired) electrons. The molecule has 1 unspecified atom stereocenters. The molecule has 0 spiro atoms. The second-order valence-electron chi connectivity index (χ2n) is 7.89. The van der Waals surface area contributed by atoms with Crippen LogP contribution in [0.1, 0.15) is 78.6 Å². The van der Waals surface area contributed by atoms with E-state index < -0.39 is 0 Å². The maximum absolute atomic E-state index is 5.82. The van der Waals surface area contributed by atoms with E-state index in [0.29, 0.717) is 11.7 Å². The fourth-order valence-electron chi connectivity index (χ4n) is 3.07. The van der Waals surface area contributed by atoms with E-state index in [1.807, 2.05) is 24.3 Å². The van der Waals surface area contributed by atoms with Crippen LogP contribution in [-0.2, 0) is 0 Å². The number of unbranched alkanes of at least 4 members (excludes halogenated alkanes) is 6. The van der Waals surface area contributed by atoms with Gasteiger partial charge in [-0.2, -0.15) is 0 Å². The van der Waals surface area contributed by atoms with Crippen molar-refractivity contribution in [3.8, 4) is 22.9 Å². The number of rotatable bonds is 15. The molecule has 1 aromatic carbocycles. The van der Waals surface area contributed by atoms with E-state index >= 15 is 0 Å². The molecule has 0 aliphatic carbocycles. The third-order valence-electron chi connectivity index (χ3n) is 5.33. The zero-order chi connectivity index (χ0) is 20.7. The Balaban J connectivity index is 1.69. The first kappa shape index (κ1) is 23.2. The highest BCUT2D eigenvalue weighted by atomic mass is 16.5. The van der Waals surface area contributed by atoms with E-state index in [0.717, 1.165) is 43.1 Å². The molecule has 1 aromatic heterocycles. The van der Waals surface area contributed by atoms with Crippen molar-refractivity contribution in [3.05, 3.63) is 36.7 Å². The van der Waals surface area contributed by atoms with Crippen molar-refractivity contribution in [2.45, 2.75) is 78.6 Å². The number of ether oxygens (including phenoxy) is 2. The van der Waals surface area contributed by atoms with Gasteiger partial charge < -0.3 is 9.47 Å². The highest BCUT2D eigenvalue weighted by Gasteiger charge is 2.04. The molecule has 0 saturated carbocycles. The number of hydrogen-bond donors (Lipinski definition) is 0. The average Bonchev–Trinajstić information content (AvgIpc) is 2.76. The van der Waals surface area contributed by atoms with E-state index in [2.05, 4.69) is 30.7 Å². The molecule has 2 aromatic rings. The van der Waals surface area contributed by atoms with Crippen molar-refractivity contribution in [1.29, 1.82) is 0 Å². The Labute approximate surface area is 177 Å². The summed E-state index contributed by atoms with van der Waals surface area (Å²) in [6, 6.07) is 7.99. The SMILES string of the molecule is CCCCCCCCCOc1cnc(-c2ccc(OCCC(C)CC)cc2)nc1. The number of nitrogens with zero attached hydrogens (tertiary/aromatic N) is 2. The summed E-state index contributed by atoms with van der Waals surface area (Å²) in [5.41, 5.74) is 0.984. The van der Waals surface area contributed by atoms with Crippen LogP contribution in [0.4, 0.5) is 0 Å². The fourth-order valence-corrected chi connectivity index (χ4v) is 3.07. The minimum atomic E-state index is 0.703. The quantitative estimate of drug-likeness (QED) is 0.300. The molecule has 0 N–H and O–H groups in total. The first-order valence-electron chi connectivity index (χ1n) is 11.4. The lowest BCUT2D eigenvalue weighted by atomic mass is 10.1. The molecule has 160 valence electrons. The summed E-state index contributed by atoms with van der Waals surface area (Å²) in [5.74, 6) is 3.05. The summed E-state index contributed by atoms with van der Waals surface area (Å²) in [6.07, 6.45) is 14.8. The van der Waals surface area contributed by atoms with Crippen molar-refractivity contribution >= 4 is 0 Å². The van der Waals surface area contributed by atoms with Crippen molar-refractivity contribution in [2.24, 2.45) is 5.92 Å². The van der Waals surface area contributed by atoms with Gasteiger partial charge in [0.2, 0.25) is 0 Å². The van der Waals surface area contributed by atoms with Crippen LogP contribution in [0, 0.1) is 5.92 Å². The molecule has 2 rings (SSSR count). The molecule has 29 heavy (non-hydrogen) atoms. The summed E-state index contributed by atoms with van der Waals surface area (Å²) >= 11 is 0. The van der Waals surface area contributed by atoms with Crippen molar-refractivity contribution in [1.82, 2.24) is 9.97 Å². The lowest BCUT2D eigenvalue weighted by molar-refractivity contribution is 0.282. The Morgan fingerprint density at radius 2 is 1.38 bits per heavy atom. The molecule has 4 nitrogen and oxygen atoms in total. The largest absolute Gasteiger partial charge is 0.494 e. The second kappa shape index (κ2) is 14.0. The molecule has 1 atom stereocenters. The van der Waals surface area contributed by atoms with E-state index in [9.17, 15) is 0 Å². The topological polar surface area (TPSA) is 44.2 Å². The molecule has 0 amide bonds. The Bertz CT molecular complexity index is 656. The summed E-state index contributed by atoms with van der Waals surface area (Å²) in [5, 5.41) is 0. The summed E-state index contributed by atoms with van der Waals surface area (Å²) in [7, 11) is 0. The zero-order valence-corrected chi connectivity index (χ0v) is 18.5. The van der Waals surface area contributed by atoms with E-state index in [4.69, 9.17) is 9.47 Å². The fraction of sp³-hybridized carbons (Fsp3) is 0.600. The third-order valence-corrected chi connectivity index (χ3v) is 5.33. The van der Waals surface area contributed by atoms with Crippen LogP contribution in [0.25, 0.3) is 11.4 Å². The first-order valence-corrected chi connectivity index (χ1v) is 11.4. The van der Waals surface area contributed by atoms with E-state index in [-0.39, 0.29) is 0 Å². The van der Waals surface area contributed by atoms with Gasteiger partial charge in [-0.15, -0.1) is 0 Å². The van der Waals surface area contributed by atoms with Gasteiger partial charge in [0.05, 0.1) is 25.6 Å². The maximum Gasteiger partial charge on any atom is 0.159 e. The Hall–Kier alpha value is -2.10. The lowest BCUT2D eigenvalue weighted by Crippen LogP contribution is -2.03. The normalized spacial score (nSPS) is 12.0. The Morgan fingerprint density at radius 3 is 2.03 bits per heavy atom.